The standard InChI is InChI=1S/C28H62N2O4/c1-9-11-13-15-27(17-19-29(5,6)23-25(3)31)33-21-22-34-28(16-14-12-10-2)18-20-30(7,8)24-26(4)32/h25-28,31-32H,9-24H2,1-8H3/q+2. The molecule has 34 heavy (non-hydrogen) atoms. The molecule has 2 N–H and O–H groups in total. The molecule has 6 heteroatoms. The van der Waals surface area contributed by atoms with E-state index in [0.717, 1.165) is 60.8 Å². The molecule has 4 unspecified atom stereocenters. The van der Waals surface area contributed by atoms with Crippen LogP contribution in [0, 0.1) is 0 Å². The maximum Gasteiger partial charge on any atom is 0.104 e. The van der Waals surface area contributed by atoms with Crippen molar-refractivity contribution in [1.29, 1.82) is 0 Å². The molecular weight excluding hydrogens is 428 g/mol. The zero-order chi connectivity index (χ0) is 26.0. The molecule has 0 aromatic rings. The van der Waals surface area contributed by atoms with Gasteiger partial charge in [-0.25, -0.2) is 0 Å². The highest BCUT2D eigenvalue weighted by molar-refractivity contribution is 4.62. The van der Waals surface area contributed by atoms with E-state index in [1.54, 1.807) is 0 Å². The number of unbranched alkanes of at least 4 members (excludes halogenated alkanes) is 4. The number of aliphatic hydroxyl groups is 2. The first-order valence-corrected chi connectivity index (χ1v) is 14.1. The Labute approximate surface area is 212 Å². The second-order valence-electron chi connectivity index (χ2n) is 11.9. The van der Waals surface area contributed by atoms with Crippen LogP contribution in [-0.4, -0.2) is 111 Å². The van der Waals surface area contributed by atoms with Crippen molar-refractivity contribution in [3.8, 4) is 0 Å². The fourth-order valence-corrected chi connectivity index (χ4v) is 4.90. The lowest BCUT2D eigenvalue weighted by atomic mass is 10.1. The molecule has 0 heterocycles. The van der Waals surface area contributed by atoms with Gasteiger partial charge in [-0.15, -0.1) is 0 Å². The van der Waals surface area contributed by atoms with E-state index in [1.807, 2.05) is 13.8 Å². The number of aliphatic hydroxyl groups excluding tert-OH is 2. The van der Waals surface area contributed by atoms with Crippen molar-refractivity contribution in [1.82, 2.24) is 0 Å². The molecule has 0 saturated heterocycles. The van der Waals surface area contributed by atoms with E-state index in [2.05, 4.69) is 42.0 Å². The van der Waals surface area contributed by atoms with Gasteiger partial charge in [-0.2, -0.15) is 0 Å². The van der Waals surface area contributed by atoms with Gasteiger partial charge in [0.2, 0.25) is 0 Å². The predicted octanol–water partition coefficient (Wildman–Crippen LogP) is 4.61. The molecule has 0 rings (SSSR count). The molecule has 0 amide bonds. The summed E-state index contributed by atoms with van der Waals surface area (Å²) in [6.07, 6.45) is 11.6. The minimum Gasteiger partial charge on any atom is -0.388 e. The van der Waals surface area contributed by atoms with Gasteiger partial charge >= 0.3 is 0 Å². The van der Waals surface area contributed by atoms with Crippen molar-refractivity contribution in [3.05, 3.63) is 0 Å². The van der Waals surface area contributed by atoms with E-state index in [9.17, 15) is 10.2 Å². The van der Waals surface area contributed by atoms with Gasteiger partial charge in [-0.3, -0.25) is 0 Å². The summed E-state index contributed by atoms with van der Waals surface area (Å²) < 4.78 is 14.3. The fourth-order valence-electron chi connectivity index (χ4n) is 4.90. The van der Waals surface area contributed by atoms with Gasteiger partial charge in [-0.05, 0) is 26.7 Å². The number of rotatable bonds is 23. The van der Waals surface area contributed by atoms with Crippen molar-refractivity contribution in [3.63, 3.8) is 0 Å². The molecule has 206 valence electrons. The highest BCUT2D eigenvalue weighted by atomic mass is 16.5. The molecule has 0 aliphatic carbocycles. The molecular formula is C28H62N2O4+2. The zero-order valence-electron chi connectivity index (χ0n) is 24.2. The first kappa shape index (κ1) is 33.8. The highest BCUT2D eigenvalue weighted by Crippen LogP contribution is 2.16. The number of quaternary nitrogens is 2. The summed E-state index contributed by atoms with van der Waals surface area (Å²) in [5, 5.41) is 19.6. The van der Waals surface area contributed by atoms with Gasteiger partial charge in [0.15, 0.2) is 0 Å². The summed E-state index contributed by atoms with van der Waals surface area (Å²) in [6.45, 7) is 13.1. The molecule has 0 fully saturated rings. The number of likely N-dealkylation sites (N-methyl/N-ethyl adjacent to an activating group) is 2. The fraction of sp³-hybridized carbons (Fsp3) is 1.00. The van der Waals surface area contributed by atoms with Crippen molar-refractivity contribution >= 4 is 0 Å². The van der Waals surface area contributed by atoms with Crippen LogP contribution in [0.5, 0.6) is 0 Å². The van der Waals surface area contributed by atoms with Gasteiger partial charge in [0.1, 0.15) is 25.3 Å². The third-order valence-corrected chi connectivity index (χ3v) is 6.68. The smallest absolute Gasteiger partial charge is 0.104 e. The normalized spacial score (nSPS) is 16.4. The van der Waals surface area contributed by atoms with Crippen LogP contribution >= 0.6 is 0 Å². The van der Waals surface area contributed by atoms with Crippen LogP contribution < -0.4 is 0 Å². The van der Waals surface area contributed by atoms with E-state index in [-0.39, 0.29) is 24.4 Å². The molecule has 0 saturated carbocycles. The van der Waals surface area contributed by atoms with E-state index >= 15 is 0 Å². The SMILES string of the molecule is CCCCCC(CC[N+](C)(C)CC(C)O)OCCOC(CCCCC)CC[N+](C)(C)CC(C)O. The van der Waals surface area contributed by atoms with Crippen LogP contribution in [0.25, 0.3) is 0 Å². The molecule has 0 bridgehead atoms. The molecule has 0 aromatic carbocycles. The van der Waals surface area contributed by atoms with E-state index in [0.29, 0.717) is 13.2 Å². The molecule has 0 radical (unpaired) electrons. The van der Waals surface area contributed by atoms with Crippen LogP contribution in [0.15, 0.2) is 0 Å². The molecule has 0 aromatic heterocycles. The van der Waals surface area contributed by atoms with E-state index in [4.69, 9.17) is 9.47 Å². The van der Waals surface area contributed by atoms with Crippen molar-refractivity contribution < 1.29 is 28.7 Å². The molecule has 0 aliphatic heterocycles. The predicted molar refractivity (Wildman–Crippen MR) is 144 cm³/mol. The summed E-state index contributed by atoms with van der Waals surface area (Å²) in [7, 11) is 8.77. The van der Waals surface area contributed by atoms with Crippen LogP contribution in [0.2, 0.25) is 0 Å². The highest BCUT2D eigenvalue weighted by Gasteiger charge is 2.22. The summed E-state index contributed by atoms with van der Waals surface area (Å²) in [5.74, 6) is 0. The Bertz CT molecular complexity index is 427. The Kier molecular flexibility index (Phi) is 18.8. The summed E-state index contributed by atoms with van der Waals surface area (Å²) in [4.78, 5) is 0. The Morgan fingerprint density at radius 1 is 0.588 bits per heavy atom. The lowest BCUT2D eigenvalue weighted by Gasteiger charge is -2.33. The average molecular weight is 491 g/mol. The monoisotopic (exact) mass is 490 g/mol. The van der Waals surface area contributed by atoms with Crippen LogP contribution in [0.3, 0.4) is 0 Å². The molecule has 4 atom stereocenters. The number of hydrogen-bond donors (Lipinski definition) is 2. The Morgan fingerprint density at radius 3 is 1.24 bits per heavy atom. The Hall–Kier alpha value is -0.240. The Balaban J connectivity index is 4.65. The van der Waals surface area contributed by atoms with Crippen LogP contribution in [-0.2, 0) is 9.47 Å². The second kappa shape index (κ2) is 18.9. The van der Waals surface area contributed by atoms with Crippen LogP contribution in [0.1, 0.15) is 91.9 Å². The summed E-state index contributed by atoms with van der Waals surface area (Å²) >= 11 is 0. The van der Waals surface area contributed by atoms with E-state index < -0.39 is 0 Å². The van der Waals surface area contributed by atoms with Gasteiger partial charge in [0.25, 0.3) is 0 Å². The maximum absolute atomic E-state index is 9.79. The van der Waals surface area contributed by atoms with Crippen molar-refractivity contribution in [2.24, 2.45) is 0 Å². The Morgan fingerprint density at radius 2 is 0.941 bits per heavy atom. The second-order valence-corrected chi connectivity index (χ2v) is 11.9. The van der Waals surface area contributed by atoms with Crippen molar-refractivity contribution in [2.75, 3.05) is 67.6 Å². The number of ether oxygens (including phenoxy) is 2. The lowest BCUT2D eigenvalue weighted by molar-refractivity contribution is -0.893. The first-order valence-electron chi connectivity index (χ1n) is 14.1. The summed E-state index contributed by atoms with van der Waals surface area (Å²) in [5.41, 5.74) is 0. The number of hydrogen-bond acceptors (Lipinski definition) is 4. The van der Waals surface area contributed by atoms with Crippen molar-refractivity contribution in [2.45, 2.75) is 116 Å². The third-order valence-electron chi connectivity index (χ3n) is 6.68. The van der Waals surface area contributed by atoms with Gasteiger partial charge in [-0.1, -0.05) is 52.4 Å². The average Bonchev–Trinajstić information content (AvgIpc) is 2.70. The lowest BCUT2D eigenvalue weighted by Crippen LogP contribution is -2.46. The van der Waals surface area contributed by atoms with Crippen LogP contribution in [0.4, 0.5) is 0 Å². The number of nitrogens with zero attached hydrogens (tertiary/aromatic N) is 2. The minimum absolute atomic E-state index is 0.265. The van der Waals surface area contributed by atoms with E-state index in [1.165, 1.54) is 38.5 Å². The first-order chi connectivity index (χ1) is 15.9. The molecule has 0 aliphatic rings. The third kappa shape index (κ3) is 20.0. The zero-order valence-corrected chi connectivity index (χ0v) is 24.2. The molecule has 0 spiro atoms. The maximum atomic E-state index is 9.79. The quantitative estimate of drug-likeness (QED) is 0.162. The topological polar surface area (TPSA) is 58.9 Å². The van der Waals surface area contributed by atoms with Gasteiger partial charge < -0.3 is 28.7 Å². The van der Waals surface area contributed by atoms with Gasteiger partial charge in [0, 0.05) is 12.8 Å². The summed E-state index contributed by atoms with van der Waals surface area (Å²) in [6, 6.07) is 0. The largest absolute Gasteiger partial charge is 0.388 e. The van der Waals surface area contributed by atoms with Gasteiger partial charge in [0.05, 0.1) is 66.7 Å². The minimum atomic E-state index is -0.281. The molecule has 6 nitrogen and oxygen atoms in total.